The summed E-state index contributed by atoms with van der Waals surface area (Å²) in [5.41, 5.74) is -1.39. The van der Waals surface area contributed by atoms with Crippen LogP contribution in [0.4, 0.5) is 4.79 Å². The molecule has 0 aliphatic carbocycles. The first-order chi connectivity index (χ1) is 11.9. The number of epoxide rings is 2. The molecule has 3 rings (SSSR count). The van der Waals surface area contributed by atoms with Crippen molar-refractivity contribution in [3.63, 3.8) is 0 Å². The van der Waals surface area contributed by atoms with Gasteiger partial charge in [0.15, 0.2) is 0 Å². The van der Waals surface area contributed by atoms with Gasteiger partial charge in [0.2, 0.25) is 11.8 Å². The molecule has 0 aromatic carbocycles. The summed E-state index contributed by atoms with van der Waals surface area (Å²) < 4.78 is 10.4. The van der Waals surface area contributed by atoms with Crippen molar-refractivity contribution in [3.8, 4) is 0 Å². The molecule has 25 heavy (non-hydrogen) atoms. The quantitative estimate of drug-likeness (QED) is 0.260. The maximum absolute atomic E-state index is 13.4. The monoisotopic (exact) mass is 414 g/mol. The first-order valence-electron chi connectivity index (χ1n) is 8.55. The highest BCUT2D eigenvalue weighted by Gasteiger charge is 2.63. The summed E-state index contributed by atoms with van der Waals surface area (Å²) in [6.45, 7) is 8.92. The van der Waals surface area contributed by atoms with Crippen LogP contribution in [0.5, 0.6) is 0 Å². The second kappa shape index (κ2) is 6.81. The molecule has 7 nitrogen and oxygen atoms in total. The van der Waals surface area contributed by atoms with Crippen molar-refractivity contribution < 1.29 is 23.9 Å². The molecule has 0 aromatic heterocycles. The Morgan fingerprint density at radius 1 is 1.20 bits per heavy atom. The Balaban J connectivity index is 2.04. The summed E-state index contributed by atoms with van der Waals surface area (Å²) in [5, 5.41) is 0. The molecule has 8 heteroatoms. The van der Waals surface area contributed by atoms with Crippen LogP contribution in [-0.4, -0.2) is 71.0 Å². The second-order valence-electron chi connectivity index (χ2n) is 6.84. The zero-order valence-corrected chi connectivity index (χ0v) is 16.0. The number of carbonyl (C=O) groups excluding carboxylic acids is 3. The van der Waals surface area contributed by atoms with Crippen molar-refractivity contribution in [2.75, 3.05) is 26.3 Å². The van der Waals surface area contributed by atoms with Crippen molar-refractivity contribution >= 4 is 33.8 Å². The number of imide groups is 2. The third-order valence-electron chi connectivity index (χ3n) is 5.27. The van der Waals surface area contributed by atoms with Crippen molar-refractivity contribution in [3.05, 3.63) is 12.7 Å². The molecular weight excluding hydrogens is 392 g/mol. The van der Waals surface area contributed by atoms with Crippen LogP contribution < -0.4 is 0 Å². The van der Waals surface area contributed by atoms with E-state index in [9.17, 15) is 14.4 Å². The van der Waals surface area contributed by atoms with E-state index in [1.807, 2.05) is 13.8 Å². The molecule has 138 valence electrons. The molecule has 4 atom stereocenters. The van der Waals surface area contributed by atoms with Crippen LogP contribution >= 0.6 is 15.9 Å². The van der Waals surface area contributed by atoms with E-state index in [1.165, 1.54) is 9.80 Å². The molecule has 3 heterocycles. The van der Waals surface area contributed by atoms with Gasteiger partial charge in [0.1, 0.15) is 5.41 Å². The van der Waals surface area contributed by atoms with Gasteiger partial charge in [0.25, 0.3) is 0 Å². The Bertz CT molecular complexity index is 566. The predicted octanol–water partition coefficient (Wildman–Crippen LogP) is 1.56. The smallest absolute Gasteiger partial charge is 0.333 e. The Morgan fingerprint density at radius 2 is 1.64 bits per heavy atom. The van der Waals surface area contributed by atoms with Crippen molar-refractivity contribution in [1.82, 2.24) is 9.80 Å². The average Bonchev–Trinajstić information content (AvgIpc) is 3.50. The van der Waals surface area contributed by atoms with E-state index < -0.39 is 28.1 Å². The van der Waals surface area contributed by atoms with Crippen LogP contribution in [0, 0.1) is 11.3 Å². The lowest BCUT2D eigenvalue weighted by atomic mass is 9.69. The summed E-state index contributed by atoms with van der Waals surface area (Å²) in [7, 11) is 0. The Morgan fingerprint density at radius 3 is 1.96 bits per heavy atom. The fraction of sp³-hybridized carbons (Fsp3) is 0.706. The minimum absolute atomic E-state index is 0.146. The van der Waals surface area contributed by atoms with Gasteiger partial charge in [0, 0.05) is 0 Å². The first-order valence-corrected chi connectivity index (χ1v) is 9.47. The summed E-state index contributed by atoms with van der Waals surface area (Å²) in [6, 6.07) is -0.580. The van der Waals surface area contributed by atoms with Gasteiger partial charge in [-0.05, 0) is 5.92 Å². The normalized spacial score (nSPS) is 34.1. The van der Waals surface area contributed by atoms with Gasteiger partial charge in [-0.15, -0.1) is 6.58 Å². The van der Waals surface area contributed by atoms with Crippen LogP contribution in [0.15, 0.2) is 12.7 Å². The van der Waals surface area contributed by atoms with Crippen LogP contribution in [0.1, 0.15) is 20.3 Å². The highest BCUT2D eigenvalue weighted by atomic mass is 79.9. The molecule has 0 aromatic rings. The number of urea groups is 1. The standard InChI is InChI=1S/C17H23BrN2O5/c1-4-10(3)17(13(18)5-2)14(21)19(6-11-8-24-11)16(23)20(15(17)22)7-12-9-25-12/h5,10-13H,2,4,6-9H2,1,3H3. The zero-order chi connectivity index (χ0) is 18.4. The first kappa shape index (κ1) is 18.5. The summed E-state index contributed by atoms with van der Waals surface area (Å²) in [4.78, 5) is 41.4. The second-order valence-corrected chi connectivity index (χ2v) is 7.83. The summed E-state index contributed by atoms with van der Waals surface area (Å²) in [5.74, 6) is -1.21. The summed E-state index contributed by atoms with van der Waals surface area (Å²) >= 11 is 3.47. The summed E-state index contributed by atoms with van der Waals surface area (Å²) in [6.07, 6.45) is 1.87. The lowest BCUT2D eigenvalue weighted by Gasteiger charge is -2.48. The van der Waals surface area contributed by atoms with Crippen molar-refractivity contribution in [1.29, 1.82) is 0 Å². The molecule has 0 N–H and O–H groups in total. The SMILES string of the molecule is C=CC(Br)C1(C(C)CC)C(=O)N(CC2CO2)C(=O)N(CC2CO2)C1=O. The van der Waals surface area contributed by atoms with E-state index in [-0.39, 0.29) is 31.2 Å². The number of hydrogen-bond donors (Lipinski definition) is 0. The average molecular weight is 415 g/mol. The molecule has 3 aliphatic rings. The van der Waals surface area contributed by atoms with Crippen LogP contribution in [0.25, 0.3) is 0 Å². The Hall–Kier alpha value is -1.25. The minimum Gasteiger partial charge on any atom is -0.371 e. The van der Waals surface area contributed by atoms with E-state index in [1.54, 1.807) is 6.08 Å². The number of carbonyl (C=O) groups is 3. The van der Waals surface area contributed by atoms with E-state index in [0.29, 0.717) is 19.6 Å². The molecule has 0 radical (unpaired) electrons. The number of rotatable bonds is 8. The van der Waals surface area contributed by atoms with E-state index >= 15 is 0 Å². The van der Waals surface area contributed by atoms with Gasteiger partial charge in [-0.3, -0.25) is 19.4 Å². The van der Waals surface area contributed by atoms with Gasteiger partial charge in [-0.25, -0.2) is 4.79 Å². The number of hydrogen-bond acceptors (Lipinski definition) is 5. The number of ether oxygens (including phenoxy) is 2. The van der Waals surface area contributed by atoms with E-state index in [4.69, 9.17) is 9.47 Å². The van der Waals surface area contributed by atoms with Gasteiger partial charge in [0.05, 0.1) is 43.3 Å². The number of amides is 4. The zero-order valence-electron chi connectivity index (χ0n) is 14.4. The van der Waals surface area contributed by atoms with Gasteiger partial charge < -0.3 is 9.47 Å². The fourth-order valence-corrected chi connectivity index (χ4v) is 4.21. The molecular formula is C17H23BrN2O5. The number of allylic oxidation sites excluding steroid dienone is 1. The number of alkyl halides is 1. The van der Waals surface area contributed by atoms with E-state index in [0.717, 1.165) is 0 Å². The molecule has 3 fully saturated rings. The third kappa shape index (κ3) is 3.04. The van der Waals surface area contributed by atoms with Crippen LogP contribution in [0.2, 0.25) is 0 Å². The van der Waals surface area contributed by atoms with Gasteiger partial charge in [-0.2, -0.15) is 0 Å². The lowest BCUT2D eigenvalue weighted by Crippen LogP contribution is -2.70. The number of barbiturate groups is 1. The van der Waals surface area contributed by atoms with E-state index in [2.05, 4.69) is 22.5 Å². The highest BCUT2D eigenvalue weighted by molar-refractivity contribution is 9.09. The van der Waals surface area contributed by atoms with Gasteiger partial charge in [-0.1, -0.05) is 42.3 Å². The predicted molar refractivity (Wildman–Crippen MR) is 93.1 cm³/mol. The van der Waals surface area contributed by atoms with Crippen LogP contribution in [-0.2, 0) is 19.1 Å². The molecule has 3 aliphatic heterocycles. The largest absolute Gasteiger partial charge is 0.371 e. The van der Waals surface area contributed by atoms with Crippen LogP contribution in [0.3, 0.4) is 0 Å². The molecule has 0 spiro atoms. The number of halogens is 1. The molecule has 4 unspecified atom stereocenters. The molecule has 4 amide bonds. The fourth-order valence-electron chi connectivity index (χ4n) is 3.37. The lowest BCUT2D eigenvalue weighted by molar-refractivity contribution is -0.162. The number of nitrogens with zero attached hydrogens (tertiary/aromatic N) is 2. The maximum Gasteiger partial charge on any atom is 0.333 e. The molecule has 3 saturated heterocycles. The third-order valence-corrected chi connectivity index (χ3v) is 6.36. The van der Waals surface area contributed by atoms with Crippen molar-refractivity contribution in [2.45, 2.75) is 37.3 Å². The minimum atomic E-state index is -1.39. The Labute approximate surface area is 155 Å². The molecule has 0 bridgehead atoms. The topological polar surface area (TPSA) is 82.8 Å². The molecule has 0 saturated carbocycles. The van der Waals surface area contributed by atoms with Crippen molar-refractivity contribution in [2.24, 2.45) is 11.3 Å². The Kier molecular flexibility index (Phi) is 5.05. The maximum atomic E-state index is 13.4. The van der Waals surface area contributed by atoms with Gasteiger partial charge >= 0.3 is 6.03 Å². The highest BCUT2D eigenvalue weighted by Crippen LogP contribution is 2.45.